The van der Waals surface area contributed by atoms with Gasteiger partial charge in [-0.1, -0.05) is 20.3 Å². The van der Waals surface area contributed by atoms with E-state index in [4.69, 9.17) is 5.11 Å². The molecule has 0 aliphatic carbocycles. The minimum Gasteiger partial charge on any atom is -0.396 e. The van der Waals surface area contributed by atoms with Crippen LogP contribution in [0.1, 0.15) is 38.8 Å². The molecule has 1 aromatic rings. The zero-order valence-electron chi connectivity index (χ0n) is 12.4. The molecule has 7 nitrogen and oxygen atoms in total. The molecule has 1 heterocycles. The van der Waals surface area contributed by atoms with E-state index in [2.05, 4.69) is 10.4 Å². The van der Waals surface area contributed by atoms with Crippen molar-refractivity contribution in [3.63, 3.8) is 0 Å². The van der Waals surface area contributed by atoms with Gasteiger partial charge in [0.2, 0.25) is 5.82 Å². The summed E-state index contributed by atoms with van der Waals surface area (Å²) in [5, 5.41) is 27.5. The molecular weight excluding hydrogens is 260 g/mol. The van der Waals surface area contributed by atoms with E-state index in [1.165, 1.54) is 0 Å². The van der Waals surface area contributed by atoms with Crippen molar-refractivity contribution in [1.82, 2.24) is 9.78 Å². The lowest BCUT2D eigenvalue weighted by molar-refractivity contribution is -0.384. The second kappa shape index (κ2) is 7.84. The monoisotopic (exact) mass is 284 g/mol. The van der Waals surface area contributed by atoms with Gasteiger partial charge in [-0.25, -0.2) is 4.68 Å². The van der Waals surface area contributed by atoms with Crippen LogP contribution in [0.3, 0.4) is 0 Å². The van der Waals surface area contributed by atoms with E-state index in [1.807, 2.05) is 13.8 Å². The molecule has 1 aromatic heterocycles. The van der Waals surface area contributed by atoms with Crippen LogP contribution in [0, 0.1) is 16.0 Å². The van der Waals surface area contributed by atoms with Crippen molar-refractivity contribution in [3.8, 4) is 0 Å². The van der Waals surface area contributed by atoms with E-state index in [9.17, 15) is 10.1 Å². The summed E-state index contributed by atoms with van der Waals surface area (Å²) in [5.74, 6) is 0.726. The average Bonchev–Trinajstić information content (AvgIpc) is 2.71. The summed E-state index contributed by atoms with van der Waals surface area (Å²) < 4.78 is 1.54. The summed E-state index contributed by atoms with van der Waals surface area (Å²) in [7, 11) is 1.71. The first-order valence-corrected chi connectivity index (χ1v) is 7.06. The Morgan fingerprint density at radius 3 is 2.80 bits per heavy atom. The van der Waals surface area contributed by atoms with E-state index in [0.717, 1.165) is 19.3 Å². The van der Waals surface area contributed by atoms with Crippen LogP contribution in [-0.4, -0.2) is 33.0 Å². The molecule has 0 spiro atoms. The van der Waals surface area contributed by atoms with E-state index >= 15 is 0 Å². The summed E-state index contributed by atoms with van der Waals surface area (Å²) >= 11 is 0. The third-order valence-electron chi connectivity index (χ3n) is 3.24. The fourth-order valence-corrected chi connectivity index (χ4v) is 2.11. The Labute approximate surface area is 119 Å². The minimum absolute atomic E-state index is 0.0876. The lowest BCUT2D eigenvalue weighted by Gasteiger charge is -2.09. The Morgan fingerprint density at radius 2 is 2.25 bits per heavy atom. The Morgan fingerprint density at radius 1 is 1.55 bits per heavy atom. The lowest BCUT2D eigenvalue weighted by atomic mass is 10.1. The van der Waals surface area contributed by atoms with Crippen molar-refractivity contribution in [2.24, 2.45) is 13.0 Å². The third kappa shape index (κ3) is 4.19. The average molecular weight is 284 g/mol. The van der Waals surface area contributed by atoms with E-state index in [1.54, 1.807) is 11.7 Å². The molecule has 1 unspecified atom stereocenters. The molecule has 0 aromatic carbocycles. The fraction of sp³-hybridized carbons (Fsp3) is 0.769. The predicted octanol–water partition coefficient (Wildman–Crippen LogP) is 2.10. The number of aliphatic hydroxyl groups is 1. The molecular formula is C13H24N4O3. The molecule has 0 bridgehead atoms. The van der Waals surface area contributed by atoms with Gasteiger partial charge in [0.15, 0.2) is 0 Å². The van der Waals surface area contributed by atoms with Gasteiger partial charge < -0.3 is 10.4 Å². The molecule has 1 atom stereocenters. The van der Waals surface area contributed by atoms with E-state index in [0.29, 0.717) is 24.5 Å². The quantitative estimate of drug-likeness (QED) is 0.411. The summed E-state index contributed by atoms with van der Waals surface area (Å²) in [6.07, 6.45) is 3.17. The first-order chi connectivity index (χ1) is 9.51. The summed E-state index contributed by atoms with van der Waals surface area (Å²) in [6.45, 7) is 4.76. The molecule has 0 aliphatic rings. The van der Waals surface area contributed by atoms with Crippen LogP contribution < -0.4 is 5.32 Å². The Bertz CT molecular complexity index is 445. The zero-order valence-corrected chi connectivity index (χ0v) is 12.4. The Balaban J connectivity index is 2.71. The summed E-state index contributed by atoms with van der Waals surface area (Å²) in [5.41, 5.74) is 0.621. The lowest BCUT2D eigenvalue weighted by Crippen LogP contribution is -2.10. The highest BCUT2D eigenvalue weighted by Gasteiger charge is 2.25. The smallest absolute Gasteiger partial charge is 0.333 e. The normalized spacial score (nSPS) is 12.4. The van der Waals surface area contributed by atoms with Gasteiger partial charge in [-0.2, -0.15) is 5.10 Å². The molecule has 114 valence electrons. The van der Waals surface area contributed by atoms with Crippen LogP contribution in [0.2, 0.25) is 0 Å². The van der Waals surface area contributed by atoms with Gasteiger partial charge in [0, 0.05) is 20.2 Å². The van der Waals surface area contributed by atoms with Gasteiger partial charge in [0.1, 0.15) is 5.69 Å². The molecule has 20 heavy (non-hydrogen) atoms. The van der Waals surface area contributed by atoms with Gasteiger partial charge in [-0.05, 0) is 25.2 Å². The number of aromatic nitrogens is 2. The third-order valence-corrected chi connectivity index (χ3v) is 3.24. The first-order valence-electron chi connectivity index (χ1n) is 7.06. The molecule has 0 saturated carbocycles. The first kappa shape index (κ1) is 16.4. The van der Waals surface area contributed by atoms with Crippen molar-refractivity contribution in [2.45, 2.75) is 39.5 Å². The molecule has 0 amide bonds. The number of hydrogen-bond donors (Lipinski definition) is 2. The van der Waals surface area contributed by atoms with E-state index < -0.39 is 0 Å². The van der Waals surface area contributed by atoms with Crippen LogP contribution in [0.25, 0.3) is 0 Å². The SMILES string of the molecule is CCCc1nn(C)c(NCCCC(C)CO)c1[N+](=O)[O-]. The minimum atomic E-state index is -0.364. The predicted molar refractivity (Wildman–Crippen MR) is 77.8 cm³/mol. The number of nitrogens with one attached hydrogen (secondary N) is 1. The van der Waals surface area contributed by atoms with Crippen LogP contribution in [0.15, 0.2) is 0 Å². The number of aryl methyl sites for hydroxylation is 2. The van der Waals surface area contributed by atoms with Gasteiger partial charge in [-0.3, -0.25) is 10.1 Å². The van der Waals surface area contributed by atoms with Crippen LogP contribution in [0.5, 0.6) is 0 Å². The Hall–Kier alpha value is -1.63. The molecule has 0 aliphatic heterocycles. The van der Waals surface area contributed by atoms with Crippen molar-refractivity contribution >= 4 is 11.5 Å². The topological polar surface area (TPSA) is 93.2 Å². The number of nitro groups is 1. The largest absolute Gasteiger partial charge is 0.396 e. The van der Waals surface area contributed by atoms with Gasteiger partial charge in [0.25, 0.3) is 0 Å². The second-order valence-electron chi connectivity index (χ2n) is 5.13. The highest BCUT2D eigenvalue weighted by Crippen LogP contribution is 2.28. The number of hydrogen-bond acceptors (Lipinski definition) is 5. The molecule has 0 radical (unpaired) electrons. The molecule has 1 rings (SSSR count). The maximum Gasteiger partial charge on any atom is 0.333 e. The second-order valence-corrected chi connectivity index (χ2v) is 5.13. The van der Waals surface area contributed by atoms with Crippen molar-refractivity contribution in [3.05, 3.63) is 15.8 Å². The summed E-state index contributed by atoms with van der Waals surface area (Å²) in [6, 6.07) is 0. The van der Waals surface area contributed by atoms with Crippen LogP contribution in [-0.2, 0) is 13.5 Å². The number of anilines is 1. The molecule has 2 N–H and O–H groups in total. The molecule has 7 heteroatoms. The Kier molecular flexibility index (Phi) is 6.44. The van der Waals surface area contributed by atoms with Crippen LogP contribution >= 0.6 is 0 Å². The van der Waals surface area contributed by atoms with Crippen LogP contribution in [0.4, 0.5) is 11.5 Å². The van der Waals surface area contributed by atoms with Gasteiger partial charge >= 0.3 is 5.69 Å². The highest BCUT2D eigenvalue weighted by atomic mass is 16.6. The van der Waals surface area contributed by atoms with Gasteiger partial charge in [-0.15, -0.1) is 0 Å². The van der Waals surface area contributed by atoms with E-state index in [-0.39, 0.29) is 23.1 Å². The maximum absolute atomic E-state index is 11.2. The zero-order chi connectivity index (χ0) is 15.1. The van der Waals surface area contributed by atoms with Crippen molar-refractivity contribution < 1.29 is 10.0 Å². The number of aliphatic hydroxyl groups excluding tert-OH is 1. The number of rotatable bonds is 9. The fourth-order valence-electron chi connectivity index (χ4n) is 2.11. The molecule has 0 saturated heterocycles. The van der Waals surface area contributed by atoms with Gasteiger partial charge in [0.05, 0.1) is 4.92 Å². The highest BCUT2D eigenvalue weighted by molar-refractivity contribution is 5.59. The van der Waals surface area contributed by atoms with Crippen molar-refractivity contribution in [2.75, 3.05) is 18.5 Å². The standard InChI is InChI=1S/C13H24N4O3/c1-4-6-11-12(17(19)20)13(16(3)15-11)14-8-5-7-10(2)9-18/h10,14,18H,4-9H2,1-3H3. The number of nitrogens with zero attached hydrogens (tertiary/aromatic N) is 3. The summed E-state index contributed by atoms with van der Waals surface area (Å²) in [4.78, 5) is 10.8. The molecule has 0 fully saturated rings. The van der Waals surface area contributed by atoms with Crippen molar-refractivity contribution in [1.29, 1.82) is 0 Å². The maximum atomic E-state index is 11.2.